The first-order valence-corrected chi connectivity index (χ1v) is 5.56. The fourth-order valence-corrected chi connectivity index (χ4v) is 2.50. The molecule has 0 aliphatic heterocycles. The summed E-state index contributed by atoms with van der Waals surface area (Å²) in [5, 5.41) is 2.98. The highest BCUT2D eigenvalue weighted by molar-refractivity contribution is 6.60. The monoisotopic (exact) mass is 179 g/mol. The molecule has 0 aromatic heterocycles. The second-order valence-electron chi connectivity index (χ2n) is 2.05. The number of rotatable bonds is 6. The highest BCUT2D eigenvalue weighted by atomic mass is 28.4. The first-order valence-electron chi connectivity index (χ1n) is 3.63. The van der Waals surface area contributed by atoms with E-state index in [1.54, 1.807) is 14.2 Å². The van der Waals surface area contributed by atoms with Crippen molar-refractivity contribution in [2.24, 2.45) is 0 Å². The maximum Gasteiger partial charge on any atom is 0.514 e. The van der Waals surface area contributed by atoms with Gasteiger partial charge in [0.15, 0.2) is 0 Å². The standard InChI is InChI=1S/C6H17NO3Si/c1-5-10-11(8-3,9-4)6-7-2/h7H,5-6H2,1-4H3. The molecule has 0 rings (SSSR count). The largest absolute Gasteiger partial charge is 0.514 e. The van der Waals surface area contributed by atoms with E-state index < -0.39 is 8.80 Å². The van der Waals surface area contributed by atoms with E-state index in [-0.39, 0.29) is 0 Å². The minimum Gasteiger partial charge on any atom is -0.376 e. The minimum absolute atomic E-state index is 0.621. The van der Waals surface area contributed by atoms with Gasteiger partial charge in [0.05, 0.1) is 6.17 Å². The van der Waals surface area contributed by atoms with Crippen LogP contribution >= 0.6 is 0 Å². The Balaban J connectivity index is 3.96. The van der Waals surface area contributed by atoms with Gasteiger partial charge in [-0.2, -0.15) is 0 Å². The molecule has 0 radical (unpaired) electrons. The highest BCUT2D eigenvalue weighted by Crippen LogP contribution is 2.04. The SMILES string of the molecule is CCO[Si](CNC)(OC)OC. The first-order chi connectivity index (χ1) is 5.24. The molecule has 4 nitrogen and oxygen atoms in total. The summed E-state index contributed by atoms with van der Waals surface area (Å²) in [6.07, 6.45) is 0.647. The van der Waals surface area contributed by atoms with Gasteiger partial charge < -0.3 is 18.6 Å². The van der Waals surface area contributed by atoms with Crippen molar-refractivity contribution in [2.45, 2.75) is 6.92 Å². The number of hydrogen-bond donors (Lipinski definition) is 1. The maximum atomic E-state index is 5.40. The van der Waals surface area contributed by atoms with Crippen molar-refractivity contribution in [3.63, 3.8) is 0 Å². The van der Waals surface area contributed by atoms with Crippen LogP contribution in [0.4, 0.5) is 0 Å². The molecule has 0 unspecified atom stereocenters. The topological polar surface area (TPSA) is 39.7 Å². The van der Waals surface area contributed by atoms with Crippen molar-refractivity contribution in [3.05, 3.63) is 0 Å². The normalized spacial score (nSPS) is 12.0. The molecule has 0 saturated carbocycles. The van der Waals surface area contributed by atoms with Crippen LogP contribution in [-0.2, 0) is 13.3 Å². The van der Waals surface area contributed by atoms with Gasteiger partial charge in [0.2, 0.25) is 0 Å². The van der Waals surface area contributed by atoms with E-state index in [0.29, 0.717) is 12.8 Å². The van der Waals surface area contributed by atoms with Gasteiger partial charge in [0.25, 0.3) is 0 Å². The summed E-state index contributed by atoms with van der Waals surface area (Å²) in [6.45, 7) is 2.55. The molecule has 0 aromatic rings. The Morgan fingerprint density at radius 1 is 1.27 bits per heavy atom. The lowest BCUT2D eigenvalue weighted by Crippen LogP contribution is -2.52. The number of nitrogens with one attached hydrogen (secondary N) is 1. The van der Waals surface area contributed by atoms with E-state index in [4.69, 9.17) is 13.3 Å². The van der Waals surface area contributed by atoms with E-state index in [2.05, 4.69) is 5.32 Å². The molecule has 0 aliphatic rings. The molecule has 0 amide bonds. The smallest absolute Gasteiger partial charge is 0.376 e. The Morgan fingerprint density at radius 2 is 1.82 bits per heavy atom. The second-order valence-corrected chi connectivity index (χ2v) is 4.88. The van der Waals surface area contributed by atoms with Crippen molar-refractivity contribution in [1.82, 2.24) is 5.32 Å². The summed E-state index contributed by atoms with van der Waals surface area (Å²) in [5.74, 6) is 0. The molecule has 0 aromatic carbocycles. The van der Waals surface area contributed by atoms with E-state index in [1.807, 2.05) is 14.0 Å². The average molecular weight is 179 g/mol. The van der Waals surface area contributed by atoms with Crippen molar-refractivity contribution < 1.29 is 13.3 Å². The molecule has 11 heavy (non-hydrogen) atoms. The van der Waals surface area contributed by atoms with Crippen LogP contribution in [0.2, 0.25) is 0 Å². The summed E-state index contributed by atoms with van der Waals surface area (Å²) >= 11 is 0. The van der Waals surface area contributed by atoms with Crippen LogP contribution in [-0.4, -0.2) is 42.8 Å². The molecule has 0 spiro atoms. The third-order valence-corrected chi connectivity index (χ3v) is 4.14. The minimum atomic E-state index is -2.35. The van der Waals surface area contributed by atoms with Gasteiger partial charge in [0, 0.05) is 20.8 Å². The van der Waals surface area contributed by atoms with E-state index in [9.17, 15) is 0 Å². The molecular weight excluding hydrogens is 162 g/mol. The van der Waals surface area contributed by atoms with Crippen LogP contribution in [0.5, 0.6) is 0 Å². The van der Waals surface area contributed by atoms with Gasteiger partial charge in [-0.25, -0.2) is 0 Å². The van der Waals surface area contributed by atoms with Gasteiger partial charge in [0.1, 0.15) is 0 Å². The highest BCUT2D eigenvalue weighted by Gasteiger charge is 2.37. The maximum absolute atomic E-state index is 5.40. The fraction of sp³-hybridized carbons (Fsp3) is 1.00. The summed E-state index contributed by atoms with van der Waals surface area (Å²) < 4.78 is 15.8. The van der Waals surface area contributed by atoms with Crippen molar-refractivity contribution in [1.29, 1.82) is 0 Å². The van der Waals surface area contributed by atoms with Gasteiger partial charge in [-0.3, -0.25) is 0 Å². The quantitative estimate of drug-likeness (QED) is 0.583. The Kier molecular flexibility index (Phi) is 5.70. The van der Waals surface area contributed by atoms with E-state index in [0.717, 1.165) is 0 Å². The average Bonchev–Trinajstić information content (AvgIpc) is 2.04. The molecule has 68 valence electrons. The van der Waals surface area contributed by atoms with Crippen LogP contribution in [0.1, 0.15) is 6.92 Å². The zero-order chi connectivity index (χ0) is 8.74. The number of hydrogen-bond acceptors (Lipinski definition) is 4. The first kappa shape index (κ1) is 11.1. The van der Waals surface area contributed by atoms with E-state index in [1.165, 1.54) is 0 Å². The third kappa shape index (κ3) is 3.30. The van der Waals surface area contributed by atoms with E-state index >= 15 is 0 Å². The summed E-state index contributed by atoms with van der Waals surface area (Å²) in [6, 6.07) is 0. The molecule has 0 saturated heterocycles. The lowest BCUT2D eigenvalue weighted by Gasteiger charge is -2.25. The lowest BCUT2D eigenvalue weighted by molar-refractivity contribution is 0.103. The molecule has 0 fully saturated rings. The van der Waals surface area contributed by atoms with Gasteiger partial charge in [-0.05, 0) is 14.0 Å². The summed E-state index contributed by atoms with van der Waals surface area (Å²) in [4.78, 5) is 0. The van der Waals surface area contributed by atoms with Gasteiger partial charge >= 0.3 is 8.80 Å². The zero-order valence-electron chi connectivity index (χ0n) is 7.64. The summed E-state index contributed by atoms with van der Waals surface area (Å²) in [5.41, 5.74) is 0. The van der Waals surface area contributed by atoms with Crippen LogP contribution < -0.4 is 5.32 Å². The van der Waals surface area contributed by atoms with Crippen molar-refractivity contribution in [3.8, 4) is 0 Å². The third-order valence-electron chi connectivity index (χ3n) is 1.38. The Bertz CT molecular complexity index is 89.8. The molecular formula is C6H17NO3Si. The molecule has 0 aliphatic carbocycles. The molecule has 5 heteroatoms. The summed E-state index contributed by atoms with van der Waals surface area (Å²) in [7, 11) is 2.72. The van der Waals surface area contributed by atoms with Crippen LogP contribution in [0.15, 0.2) is 0 Å². The Labute approximate surface area is 69.2 Å². The van der Waals surface area contributed by atoms with Gasteiger partial charge in [-0.15, -0.1) is 0 Å². The molecule has 0 atom stereocenters. The predicted octanol–water partition coefficient (Wildman–Crippen LogP) is 0.0132. The Morgan fingerprint density at radius 3 is 2.09 bits per heavy atom. The van der Waals surface area contributed by atoms with Crippen molar-refractivity contribution in [2.75, 3.05) is 34.0 Å². The van der Waals surface area contributed by atoms with Gasteiger partial charge in [-0.1, -0.05) is 0 Å². The second kappa shape index (κ2) is 5.67. The fourth-order valence-electron chi connectivity index (χ4n) is 0.833. The van der Waals surface area contributed by atoms with Crippen LogP contribution in [0.25, 0.3) is 0 Å². The predicted molar refractivity (Wildman–Crippen MR) is 45.3 cm³/mol. The molecule has 1 N–H and O–H groups in total. The molecule has 0 bridgehead atoms. The lowest BCUT2D eigenvalue weighted by atomic mass is 10.9. The van der Waals surface area contributed by atoms with Crippen LogP contribution in [0, 0.1) is 0 Å². The zero-order valence-corrected chi connectivity index (χ0v) is 8.64. The molecule has 0 heterocycles. The van der Waals surface area contributed by atoms with Crippen molar-refractivity contribution >= 4 is 8.80 Å². The Hall–Kier alpha value is 0.0569. The van der Waals surface area contributed by atoms with Crippen LogP contribution in [0.3, 0.4) is 0 Å².